The van der Waals surface area contributed by atoms with Gasteiger partial charge in [-0.25, -0.2) is 9.59 Å². The van der Waals surface area contributed by atoms with Crippen molar-refractivity contribution in [2.75, 3.05) is 93.0 Å². The maximum Gasteiger partial charge on any atom is 0.342 e. The number of methoxy groups -OCH3 is 1. The molecule has 3 aliphatic carbocycles. The maximum absolute atomic E-state index is 14.6. The van der Waals surface area contributed by atoms with E-state index in [1.54, 1.807) is 27.0 Å². The van der Waals surface area contributed by atoms with Gasteiger partial charge in [-0.3, -0.25) is 4.98 Å². The van der Waals surface area contributed by atoms with E-state index in [0.717, 1.165) is 56.6 Å². The van der Waals surface area contributed by atoms with Gasteiger partial charge in [-0.2, -0.15) is 4.89 Å². The summed E-state index contributed by atoms with van der Waals surface area (Å²) in [6.07, 6.45) is 9.34. The van der Waals surface area contributed by atoms with Gasteiger partial charge < -0.3 is 48.1 Å². The molecule has 0 fully saturated rings. The predicted octanol–water partition coefficient (Wildman–Crippen LogP) is 15.7. The molecule has 1 spiro atoms. The third-order valence-electron chi connectivity index (χ3n) is 20.0. The van der Waals surface area contributed by atoms with Crippen molar-refractivity contribution in [3.8, 4) is 33.8 Å². The zero-order valence-electron chi connectivity index (χ0n) is 57.8. The second-order valence-electron chi connectivity index (χ2n) is 27.3. The Balaban J connectivity index is 1.08. The maximum atomic E-state index is 14.6. The minimum Gasteiger partial charge on any atom is -0.490 e. The van der Waals surface area contributed by atoms with Crippen molar-refractivity contribution in [2.24, 2.45) is 0 Å². The molecule has 1 aliphatic heterocycles. The average molecular weight is 1290 g/mol. The zero-order valence-corrected chi connectivity index (χ0v) is 57.8. The molecule has 0 saturated heterocycles. The number of nitrogens with zero attached hydrogens (tertiary/aromatic N) is 1. The number of hydrogen-bond acceptors (Lipinski definition) is 14. The number of carbonyl (C=O) groups is 2. The van der Waals surface area contributed by atoms with Crippen LogP contribution >= 0.6 is 0 Å². The summed E-state index contributed by atoms with van der Waals surface area (Å²) in [6.45, 7) is 30.6. The van der Waals surface area contributed by atoms with Gasteiger partial charge >= 0.3 is 11.9 Å². The Morgan fingerprint density at radius 1 is 0.537 bits per heavy atom. The fraction of sp³-hybridized carbons (Fsp3) is 0.420. The Kier molecular flexibility index (Phi) is 20.7. The van der Waals surface area contributed by atoms with E-state index in [0.29, 0.717) is 52.0 Å². The molecular weight excluding hydrogens is 1190 g/mol. The van der Waals surface area contributed by atoms with Crippen molar-refractivity contribution >= 4 is 11.9 Å². The molecule has 0 amide bonds. The monoisotopic (exact) mass is 1290 g/mol. The fourth-order valence-electron chi connectivity index (χ4n) is 14.4. The average Bonchev–Trinajstić information content (AvgIpc) is 1.52. The summed E-state index contributed by atoms with van der Waals surface area (Å²) in [7, 11) is 1.64. The van der Waals surface area contributed by atoms with Crippen LogP contribution in [0.15, 0.2) is 151 Å². The predicted molar refractivity (Wildman–Crippen MR) is 371 cm³/mol. The van der Waals surface area contributed by atoms with Crippen molar-refractivity contribution in [3.63, 3.8) is 0 Å². The molecule has 500 valence electrons. The van der Waals surface area contributed by atoms with Crippen LogP contribution in [0, 0.1) is 0 Å². The molecule has 0 saturated carbocycles. The fourth-order valence-corrected chi connectivity index (χ4v) is 14.4. The molecule has 4 aliphatic rings. The minimum atomic E-state index is -1.21. The van der Waals surface area contributed by atoms with Gasteiger partial charge in [0.1, 0.15) is 30.1 Å². The zero-order chi connectivity index (χ0) is 67.3. The van der Waals surface area contributed by atoms with E-state index >= 15 is 0 Å². The van der Waals surface area contributed by atoms with Gasteiger partial charge in [0.25, 0.3) is 0 Å². The van der Waals surface area contributed by atoms with E-state index < -0.39 is 33.6 Å². The molecule has 1 N–H and O–H groups in total. The van der Waals surface area contributed by atoms with Crippen LogP contribution in [0.4, 0.5) is 0 Å². The smallest absolute Gasteiger partial charge is 0.342 e. The number of esters is 2. The van der Waals surface area contributed by atoms with E-state index in [-0.39, 0.29) is 73.9 Å². The lowest BCUT2D eigenvalue weighted by Gasteiger charge is -2.44. The molecule has 6 aromatic carbocycles. The highest BCUT2D eigenvalue weighted by molar-refractivity contribution is 5.96. The van der Waals surface area contributed by atoms with Crippen molar-refractivity contribution < 1.29 is 57.3 Å². The molecule has 11 rings (SSSR count). The molecule has 14 nitrogen and oxygen atoms in total. The molecule has 3 atom stereocenters. The number of fused-ring (bicyclic) bond motifs is 13. The molecule has 14 heteroatoms. The van der Waals surface area contributed by atoms with Crippen LogP contribution in [0.3, 0.4) is 0 Å². The first-order valence-electron chi connectivity index (χ1n) is 33.8. The normalized spacial score (nSPS) is 17.4. The third kappa shape index (κ3) is 12.7. The Hall–Kier alpha value is -7.95. The van der Waals surface area contributed by atoms with Gasteiger partial charge in [-0.05, 0) is 174 Å². The van der Waals surface area contributed by atoms with Crippen LogP contribution in [-0.2, 0) is 65.1 Å². The van der Waals surface area contributed by atoms with Crippen LogP contribution < -0.4 is 14.9 Å². The summed E-state index contributed by atoms with van der Waals surface area (Å²) in [6, 6.07) is 43.7. The molecule has 7 aromatic rings. The summed E-state index contributed by atoms with van der Waals surface area (Å²) >= 11 is 0. The number of carbonyl (C=O) groups excluding carboxylic acids is 2. The Bertz CT molecular complexity index is 3920. The van der Waals surface area contributed by atoms with Crippen molar-refractivity contribution in [1.29, 1.82) is 0 Å². The van der Waals surface area contributed by atoms with Gasteiger partial charge in [-0.15, -0.1) is 0 Å². The lowest BCUT2D eigenvalue weighted by molar-refractivity contribution is -0.215. The number of ether oxygens (including phenoxy) is 8. The number of dihydropyridines is 1. The summed E-state index contributed by atoms with van der Waals surface area (Å²) in [5.41, 5.74) is 16.0. The molecule has 0 radical (unpaired) electrons. The third-order valence-corrected chi connectivity index (χ3v) is 20.0. The molecule has 1 aromatic heterocycles. The second kappa shape index (κ2) is 28.8. The first-order valence-corrected chi connectivity index (χ1v) is 33.8. The lowest BCUT2D eigenvalue weighted by atomic mass is 9.59. The number of aromatic nitrogens is 1. The second-order valence-corrected chi connectivity index (χ2v) is 27.3. The Morgan fingerprint density at radius 3 is 1.61 bits per heavy atom. The number of hydrogen-bond donors (Lipinski definition) is 1. The van der Waals surface area contributed by atoms with E-state index in [2.05, 4.69) is 172 Å². The van der Waals surface area contributed by atoms with E-state index in [1.807, 2.05) is 42.7 Å². The largest absolute Gasteiger partial charge is 0.490 e. The van der Waals surface area contributed by atoms with Crippen molar-refractivity contribution in [1.82, 2.24) is 10.3 Å². The minimum absolute atomic E-state index is 0.0876. The molecular formula is C81H94N2O12. The van der Waals surface area contributed by atoms with Crippen LogP contribution in [0.25, 0.3) is 22.3 Å². The number of allylic oxidation sites excluding steroid dienone is 2. The van der Waals surface area contributed by atoms with Crippen LogP contribution in [0.5, 0.6) is 11.5 Å². The first kappa shape index (κ1) is 68.4. The van der Waals surface area contributed by atoms with Crippen molar-refractivity contribution in [2.45, 2.75) is 129 Å². The quantitative estimate of drug-likeness (QED) is 0.0197. The summed E-state index contributed by atoms with van der Waals surface area (Å²) in [4.78, 5) is 46.1. The van der Waals surface area contributed by atoms with E-state index in [1.165, 1.54) is 44.5 Å². The van der Waals surface area contributed by atoms with Crippen molar-refractivity contribution in [3.05, 3.63) is 229 Å². The number of nitrogens with one attached hydrogen (secondary N) is 1. The summed E-state index contributed by atoms with van der Waals surface area (Å²) in [5, 5.41) is 3.73. The van der Waals surface area contributed by atoms with E-state index in [9.17, 15) is 9.59 Å². The van der Waals surface area contributed by atoms with Gasteiger partial charge in [0, 0.05) is 19.9 Å². The van der Waals surface area contributed by atoms with Crippen LogP contribution in [-0.4, -0.2) is 110 Å². The Labute approximate surface area is 561 Å². The van der Waals surface area contributed by atoms with E-state index in [4.69, 9.17) is 52.7 Å². The number of benzene rings is 6. The lowest BCUT2D eigenvalue weighted by Crippen LogP contribution is -2.41. The summed E-state index contributed by atoms with van der Waals surface area (Å²) < 4.78 is 46.1. The Morgan fingerprint density at radius 2 is 1.04 bits per heavy atom. The highest BCUT2D eigenvalue weighted by Crippen LogP contribution is 2.65. The molecule has 95 heavy (non-hydrogen) atoms. The molecule has 2 heterocycles. The van der Waals surface area contributed by atoms with Gasteiger partial charge in [0.05, 0.1) is 88.6 Å². The van der Waals surface area contributed by atoms with Crippen LogP contribution in [0.2, 0.25) is 0 Å². The SMILES string of the molecule is CCCOCCOCCOOc1ccc(C2(c3ccc(OCCOCCOCCOC)c(C(=O)OCC)c3)c3cc(C(C)C)ccc3-c3ccc(C(C)(C)C(C)(C)c4ccc5c(c4)C4(C6=CC=CNC6c6ncccc64)c4cc(C(C)(C)C)ccc4-5)cc32)cc1C(=O)OCC. The first-order chi connectivity index (χ1) is 45.8. The highest BCUT2D eigenvalue weighted by Gasteiger charge is 2.57. The van der Waals surface area contributed by atoms with Crippen LogP contribution in [0.1, 0.15) is 189 Å². The number of rotatable bonds is 30. The number of pyridine rings is 1. The standard InChI is InChI=1S/C81H94N2O12/c1-14-35-87-38-39-90-43-45-94-95-72-32-26-58(48-64(72)76(85)92-16-3)80(57-25-31-71(63(47-57)75(84)91-15-2)93-44-42-89-41-40-88-37-36-86-13)67-46-53(52(4)5)21-27-59(67)60-29-23-55(50-68(60)80)78(9,10)79(11,12)56-24-30-62-61-28-22-54(77(6,7)8)49-69(61)81(70(62)51-56)65-19-17-33-82-73(65)74-66(81)20-18-34-83-74/h17-34,46-52,73,82H,14-16,35-45H2,1-13H3. The van der Waals surface area contributed by atoms with Gasteiger partial charge in [0.15, 0.2) is 5.75 Å². The highest BCUT2D eigenvalue weighted by atomic mass is 17.2. The van der Waals surface area contributed by atoms with Gasteiger partial charge in [-0.1, -0.05) is 166 Å². The topological polar surface area (TPSA) is 151 Å². The summed E-state index contributed by atoms with van der Waals surface area (Å²) in [5.74, 6) is -0.480. The molecule has 3 unspecified atom stereocenters. The molecule has 0 bridgehead atoms. The van der Waals surface area contributed by atoms with Gasteiger partial charge in [0.2, 0.25) is 0 Å².